The SMILES string of the molecule is C[C@@H]1CN(c2ccc(S(=O)(=O)Nc3nccs3)cc2)CCN1C(=O)[C@@H](C)n1ccc2ccc(Cl)cc21.[HH].[HH]. The van der Waals surface area contributed by atoms with Gasteiger partial charge in [0.25, 0.3) is 10.0 Å². The number of anilines is 2. The predicted octanol–water partition coefficient (Wildman–Crippen LogP) is 5.34. The van der Waals surface area contributed by atoms with Gasteiger partial charge in [-0.05, 0) is 61.7 Å². The number of fused-ring (bicyclic) bond motifs is 1. The number of amides is 1. The molecule has 1 aliphatic heterocycles. The summed E-state index contributed by atoms with van der Waals surface area (Å²) < 4.78 is 29.7. The van der Waals surface area contributed by atoms with Crippen LogP contribution in [0.3, 0.4) is 0 Å². The lowest BCUT2D eigenvalue weighted by Gasteiger charge is -2.42. The summed E-state index contributed by atoms with van der Waals surface area (Å²) in [6, 6.07) is 14.1. The van der Waals surface area contributed by atoms with Gasteiger partial charge in [0.05, 0.1) is 10.4 Å². The third kappa shape index (κ3) is 4.80. The Labute approximate surface area is 222 Å². The van der Waals surface area contributed by atoms with Crippen molar-refractivity contribution in [3.8, 4) is 0 Å². The second kappa shape index (κ2) is 9.76. The zero-order valence-electron chi connectivity index (χ0n) is 19.8. The average molecular weight is 548 g/mol. The molecule has 1 aliphatic rings. The van der Waals surface area contributed by atoms with Gasteiger partial charge in [0.1, 0.15) is 6.04 Å². The molecule has 1 saturated heterocycles. The number of aromatic nitrogens is 2. The van der Waals surface area contributed by atoms with Crippen molar-refractivity contribution in [1.29, 1.82) is 0 Å². The number of rotatable bonds is 6. The van der Waals surface area contributed by atoms with Crippen LogP contribution in [0.5, 0.6) is 0 Å². The van der Waals surface area contributed by atoms with Crippen LogP contribution in [0.25, 0.3) is 10.9 Å². The minimum Gasteiger partial charge on any atom is -0.368 e. The molecule has 0 aliphatic carbocycles. The second-order valence-electron chi connectivity index (χ2n) is 8.87. The van der Waals surface area contributed by atoms with E-state index in [9.17, 15) is 13.2 Å². The van der Waals surface area contributed by atoms with E-state index in [0.717, 1.165) is 16.6 Å². The van der Waals surface area contributed by atoms with Gasteiger partial charge in [0.2, 0.25) is 5.91 Å². The molecule has 0 saturated carbocycles. The van der Waals surface area contributed by atoms with Gasteiger partial charge in [-0.2, -0.15) is 0 Å². The number of carbonyl (C=O) groups excluding carboxylic acids is 1. The standard InChI is InChI=1S/C25H26ClN5O3S2.2H2/c1-17-16-29(21-5-7-22(8-6-21)36(33,34)28-25-27-10-14-35-25)12-13-30(17)24(32)18(2)31-11-9-19-3-4-20(26)15-23(19)31;;/h3-11,14-15,17-18H,12-13,16H2,1-2H3,(H,27,28);2*1H/t17-,18-;;/m1../s1. The van der Waals surface area contributed by atoms with E-state index >= 15 is 0 Å². The van der Waals surface area contributed by atoms with Crippen molar-refractivity contribution >= 4 is 60.6 Å². The van der Waals surface area contributed by atoms with Crippen LogP contribution in [0.2, 0.25) is 5.02 Å². The van der Waals surface area contributed by atoms with Crippen molar-refractivity contribution in [1.82, 2.24) is 14.5 Å². The molecule has 2 atom stereocenters. The van der Waals surface area contributed by atoms with E-state index in [1.807, 2.05) is 53.8 Å². The molecule has 11 heteroatoms. The van der Waals surface area contributed by atoms with Gasteiger partial charge in [-0.15, -0.1) is 11.3 Å². The summed E-state index contributed by atoms with van der Waals surface area (Å²) in [7, 11) is -3.70. The zero-order valence-corrected chi connectivity index (χ0v) is 22.2. The van der Waals surface area contributed by atoms with Crippen LogP contribution in [0.1, 0.15) is 22.7 Å². The number of hydrogen-bond acceptors (Lipinski definition) is 6. The molecule has 1 fully saturated rings. The summed E-state index contributed by atoms with van der Waals surface area (Å²) in [5.74, 6) is 0.0642. The minimum atomic E-state index is -3.70. The van der Waals surface area contributed by atoms with E-state index in [1.54, 1.807) is 35.8 Å². The van der Waals surface area contributed by atoms with Crippen molar-refractivity contribution in [2.75, 3.05) is 29.3 Å². The van der Waals surface area contributed by atoms with Gasteiger partial charge < -0.3 is 14.4 Å². The smallest absolute Gasteiger partial charge is 0.263 e. The highest BCUT2D eigenvalue weighted by Crippen LogP contribution is 2.27. The fraction of sp³-hybridized carbons (Fsp3) is 0.280. The van der Waals surface area contributed by atoms with Gasteiger partial charge in [-0.25, -0.2) is 13.4 Å². The zero-order chi connectivity index (χ0) is 25.4. The fourth-order valence-electron chi connectivity index (χ4n) is 4.62. The van der Waals surface area contributed by atoms with Crippen LogP contribution >= 0.6 is 22.9 Å². The second-order valence-corrected chi connectivity index (χ2v) is 11.9. The summed E-state index contributed by atoms with van der Waals surface area (Å²) >= 11 is 7.42. The molecule has 3 heterocycles. The predicted molar refractivity (Wildman–Crippen MR) is 149 cm³/mol. The first-order valence-electron chi connectivity index (χ1n) is 11.6. The van der Waals surface area contributed by atoms with Gasteiger partial charge in [-0.3, -0.25) is 9.52 Å². The van der Waals surface area contributed by atoms with Crippen molar-refractivity contribution in [2.45, 2.75) is 30.8 Å². The maximum Gasteiger partial charge on any atom is 0.263 e. The van der Waals surface area contributed by atoms with Gasteiger partial charge >= 0.3 is 0 Å². The Balaban J connectivity index is 0.00000200. The summed E-state index contributed by atoms with van der Waals surface area (Å²) in [6.07, 6.45) is 3.48. The van der Waals surface area contributed by atoms with Crippen LogP contribution in [-0.4, -0.2) is 54.5 Å². The summed E-state index contributed by atoms with van der Waals surface area (Å²) in [6.45, 7) is 5.85. The first kappa shape index (κ1) is 24.6. The molecule has 36 heavy (non-hydrogen) atoms. The Hall–Kier alpha value is -3.08. The van der Waals surface area contributed by atoms with Gasteiger partial charge in [0.15, 0.2) is 5.13 Å². The van der Waals surface area contributed by atoms with Crippen molar-refractivity contribution in [3.63, 3.8) is 0 Å². The summed E-state index contributed by atoms with van der Waals surface area (Å²) in [5, 5.41) is 3.73. The summed E-state index contributed by atoms with van der Waals surface area (Å²) in [5.41, 5.74) is 1.86. The number of nitrogens with zero attached hydrogens (tertiary/aromatic N) is 4. The van der Waals surface area contributed by atoms with E-state index in [1.165, 1.54) is 11.3 Å². The number of piperazine rings is 1. The number of carbonyl (C=O) groups is 1. The Kier molecular flexibility index (Phi) is 6.67. The van der Waals surface area contributed by atoms with E-state index in [2.05, 4.69) is 14.6 Å². The van der Waals surface area contributed by atoms with E-state index in [4.69, 9.17) is 11.6 Å². The van der Waals surface area contributed by atoms with E-state index in [0.29, 0.717) is 29.8 Å². The Morgan fingerprint density at radius 1 is 1.19 bits per heavy atom. The topological polar surface area (TPSA) is 87.5 Å². The third-order valence-corrected chi connectivity index (χ3v) is 8.94. The Bertz CT molecular complexity index is 1500. The fourth-order valence-corrected chi connectivity index (χ4v) is 6.58. The normalized spacial score (nSPS) is 17.4. The highest BCUT2D eigenvalue weighted by Gasteiger charge is 2.31. The summed E-state index contributed by atoms with van der Waals surface area (Å²) in [4.78, 5) is 21.7. The van der Waals surface area contributed by atoms with Crippen molar-refractivity contribution < 1.29 is 16.1 Å². The first-order valence-corrected chi connectivity index (χ1v) is 14.3. The van der Waals surface area contributed by atoms with Crippen LogP contribution in [-0.2, 0) is 14.8 Å². The van der Waals surface area contributed by atoms with Crippen molar-refractivity contribution in [2.24, 2.45) is 0 Å². The highest BCUT2D eigenvalue weighted by molar-refractivity contribution is 7.93. The molecule has 0 spiro atoms. The molecule has 4 aromatic rings. The quantitative estimate of drug-likeness (QED) is 0.352. The maximum atomic E-state index is 13.4. The van der Waals surface area contributed by atoms with Crippen LogP contribution in [0.4, 0.5) is 10.8 Å². The number of sulfonamides is 1. The van der Waals surface area contributed by atoms with Crippen LogP contribution < -0.4 is 9.62 Å². The Morgan fingerprint density at radius 2 is 1.97 bits per heavy atom. The average Bonchev–Trinajstić information content (AvgIpc) is 3.52. The minimum absolute atomic E-state index is 0. The number of halogens is 1. The lowest BCUT2D eigenvalue weighted by Crippen LogP contribution is -2.55. The molecule has 192 valence electrons. The Morgan fingerprint density at radius 3 is 2.67 bits per heavy atom. The molecule has 0 radical (unpaired) electrons. The lowest BCUT2D eigenvalue weighted by atomic mass is 10.1. The molecular weight excluding hydrogens is 518 g/mol. The number of nitrogens with one attached hydrogen (secondary N) is 1. The molecule has 0 unspecified atom stereocenters. The molecule has 5 rings (SSSR count). The molecule has 1 N–H and O–H groups in total. The van der Waals surface area contributed by atoms with Crippen molar-refractivity contribution in [3.05, 3.63) is 71.3 Å². The monoisotopic (exact) mass is 547 g/mol. The van der Waals surface area contributed by atoms with Crippen LogP contribution in [0.15, 0.2) is 71.2 Å². The number of benzene rings is 2. The molecule has 1 amide bonds. The molecule has 2 aromatic heterocycles. The maximum absolute atomic E-state index is 13.4. The largest absolute Gasteiger partial charge is 0.368 e. The molecule has 2 aromatic carbocycles. The van der Waals surface area contributed by atoms with Gasteiger partial charge in [-0.1, -0.05) is 17.7 Å². The van der Waals surface area contributed by atoms with Gasteiger partial charge in [0, 0.05) is 57.0 Å². The molecular formula is C25H30ClN5O3S2. The van der Waals surface area contributed by atoms with E-state index in [-0.39, 0.29) is 25.7 Å². The van der Waals surface area contributed by atoms with Crippen LogP contribution in [0, 0.1) is 0 Å². The highest BCUT2D eigenvalue weighted by atomic mass is 35.5. The number of hydrogen-bond donors (Lipinski definition) is 1. The first-order chi connectivity index (χ1) is 17.2. The number of thiazole rings is 1. The molecule has 8 nitrogen and oxygen atoms in total. The molecule has 0 bridgehead atoms. The third-order valence-electron chi connectivity index (χ3n) is 6.54. The lowest BCUT2D eigenvalue weighted by molar-refractivity contribution is -0.136. The van der Waals surface area contributed by atoms with E-state index < -0.39 is 10.0 Å².